The number of aromatic hydroxyl groups is 1. The van der Waals surface area contributed by atoms with Crippen molar-refractivity contribution in [2.75, 3.05) is 0 Å². The van der Waals surface area contributed by atoms with E-state index in [0.717, 1.165) is 28.6 Å². The second-order valence-corrected chi connectivity index (χ2v) is 6.77. The molecule has 0 unspecified atom stereocenters. The van der Waals surface area contributed by atoms with E-state index < -0.39 is 16.4 Å². The molecule has 7 nitrogen and oxygen atoms in total. The third-order valence-electron chi connectivity index (χ3n) is 3.75. The fraction of sp³-hybridized carbons (Fsp3) is 0.111. The molecule has 0 spiro atoms. The Hall–Kier alpha value is -3.13. The van der Waals surface area contributed by atoms with Crippen molar-refractivity contribution in [1.82, 2.24) is 5.32 Å². The standard InChI is InChI=1S/C18H15N3O4S/c1-10-6-7-13(11(2)8-10)19-18-20-17(23)15(26-18)9-12-4-3-5-14(16(12)22)21(24)25/h3-9,22H,1-2H3,(H,19,20,23)/b15-9-. The molecule has 0 radical (unpaired) electrons. The number of aliphatic imine (C=N–C) groups is 1. The number of amides is 1. The van der Waals surface area contributed by atoms with Crippen LogP contribution in [0, 0.1) is 24.0 Å². The minimum absolute atomic E-state index is 0.199. The molecule has 0 saturated carbocycles. The van der Waals surface area contributed by atoms with E-state index in [2.05, 4.69) is 10.3 Å². The highest BCUT2D eigenvalue weighted by molar-refractivity contribution is 8.18. The van der Waals surface area contributed by atoms with Gasteiger partial charge in [0.1, 0.15) is 0 Å². The number of carbonyl (C=O) groups excluding carboxylic acids is 1. The molecule has 1 aliphatic heterocycles. The van der Waals surface area contributed by atoms with E-state index in [9.17, 15) is 20.0 Å². The Morgan fingerprint density at radius 3 is 2.73 bits per heavy atom. The summed E-state index contributed by atoms with van der Waals surface area (Å²) in [5, 5.41) is 24.0. The number of nitro benzene ring substituents is 1. The van der Waals surface area contributed by atoms with Crippen LogP contribution in [0.5, 0.6) is 5.75 Å². The molecular formula is C18H15N3O4S. The number of phenols is 1. The summed E-state index contributed by atoms with van der Waals surface area (Å²) in [5.74, 6) is -0.845. The third kappa shape index (κ3) is 3.60. The fourth-order valence-electron chi connectivity index (χ4n) is 2.47. The van der Waals surface area contributed by atoms with E-state index >= 15 is 0 Å². The molecule has 2 aromatic rings. The number of nitro groups is 1. The second kappa shape index (κ2) is 7.01. The Kier molecular flexibility index (Phi) is 4.77. The van der Waals surface area contributed by atoms with Crippen LogP contribution in [0.2, 0.25) is 0 Å². The zero-order chi connectivity index (χ0) is 18.8. The normalized spacial score (nSPS) is 16.9. The Balaban J connectivity index is 1.91. The highest BCUT2D eigenvalue weighted by atomic mass is 32.2. The lowest BCUT2D eigenvalue weighted by molar-refractivity contribution is -0.385. The highest BCUT2D eigenvalue weighted by Gasteiger charge is 2.25. The first kappa shape index (κ1) is 17.7. The molecule has 8 heteroatoms. The van der Waals surface area contributed by atoms with Crippen LogP contribution < -0.4 is 5.32 Å². The van der Waals surface area contributed by atoms with Gasteiger partial charge in [0.25, 0.3) is 5.91 Å². The van der Waals surface area contributed by atoms with E-state index in [1.54, 1.807) is 0 Å². The van der Waals surface area contributed by atoms with E-state index in [1.165, 1.54) is 24.3 Å². The first-order valence-corrected chi connectivity index (χ1v) is 8.50. The average Bonchev–Trinajstić information content (AvgIpc) is 2.91. The molecule has 3 rings (SSSR count). The number of benzene rings is 2. The maximum absolute atomic E-state index is 12.2. The van der Waals surface area contributed by atoms with Crippen LogP contribution in [0.3, 0.4) is 0 Å². The minimum Gasteiger partial charge on any atom is -0.502 e. The van der Waals surface area contributed by atoms with Gasteiger partial charge in [0.15, 0.2) is 5.17 Å². The van der Waals surface area contributed by atoms with E-state index in [-0.39, 0.29) is 11.5 Å². The van der Waals surface area contributed by atoms with Crippen molar-refractivity contribution >= 4 is 40.3 Å². The lowest BCUT2D eigenvalue weighted by Gasteiger charge is -2.02. The molecule has 0 aliphatic carbocycles. The number of hydrogen-bond acceptors (Lipinski definition) is 6. The molecule has 0 aromatic heterocycles. The van der Waals surface area contributed by atoms with Gasteiger partial charge in [-0.2, -0.15) is 0 Å². The Bertz CT molecular complexity index is 982. The molecule has 1 aliphatic rings. The summed E-state index contributed by atoms with van der Waals surface area (Å²) in [4.78, 5) is 27.1. The molecule has 1 fully saturated rings. The van der Waals surface area contributed by atoms with Crippen molar-refractivity contribution < 1.29 is 14.8 Å². The van der Waals surface area contributed by atoms with Gasteiger partial charge in [0.2, 0.25) is 5.75 Å². The van der Waals surface area contributed by atoms with Crippen LogP contribution in [-0.4, -0.2) is 21.1 Å². The number of nitrogens with zero attached hydrogens (tertiary/aromatic N) is 2. The summed E-state index contributed by atoms with van der Waals surface area (Å²) in [7, 11) is 0. The molecule has 1 amide bonds. The van der Waals surface area contributed by atoms with Gasteiger partial charge in [-0.25, -0.2) is 4.99 Å². The SMILES string of the molecule is Cc1ccc(N=C2NC(=O)/C(=C/c3cccc([N+](=O)[O-])c3O)S2)c(C)c1. The van der Waals surface area contributed by atoms with Crippen LogP contribution in [0.1, 0.15) is 16.7 Å². The largest absolute Gasteiger partial charge is 0.502 e. The predicted octanol–water partition coefficient (Wildman–Crippen LogP) is 3.81. The van der Waals surface area contributed by atoms with Crippen molar-refractivity contribution in [3.05, 3.63) is 68.1 Å². The number of rotatable bonds is 3. The van der Waals surface area contributed by atoms with Crippen molar-refractivity contribution in [3.8, 4) is 5.75 Å². The number of aryl methyl sites for hydroxylation is 2. The summed E-state index contributed by atoms with van der Waals surface area (Å²) < 4.78 is 0. The van der Waals surface area contributed by atoms with Gasteiger partial charge in [0.05, 0.1) is 15.5 Å². The van der Waals surface area contributed by atoms with Gasteiger partial charge in [-0.3, -0.25) is 14.9 Å². The summed E-state index contributed by atoms with van der Waals surface area (Å²) in [6.07, 6.45) is 1.41. The number of hydrogen-bond donors (Lipinski definition) is 2. The minimum atomic E-state index is -0.674. The lowest BCUT2D eigenvalue weighted by Crippen LogP contribution is -2.19. The third-order valence-corrected chi connectivity index (χ3v) is 4.66. The van der Waals surface area contributed by atoms with Crippen LogP contribution in [0.4, 0.5) is 11.4 Å². The van der Waals surface area contributed by atoms with Crippen molar-refractivity contribution in [1.29, 1.82) is 0 Å². The zero-order valence-electron chi connectivity index (χ0n) is 14.0. The molecule has 2 N–H and O–H groups in total. The van der Waals surface area contributed by atoms with Crippen LogP contribution in [-0.2, 0) is 4.79 Å². The van der Waals surface area contributed by atoms with Gasteiger partial charge in [-0.1, -0.05) is 29.8 Å². The van der Waals surface area contributed by atoms with Gasteiger partial charge in [-0.05, 0) is 43.3 Å². The molecule has 2 aromatic carbocycles. The van der Waals surface area contributed by atoms with E-state index in [1.807, 2.05) is 32.0 Å². The lowest BCUT2D eigenvalue weighted by atomic mass is 10.1. The Morgan fingerprint density at radius 1 is 1.27 bits per heavy atom. The molecule has 0 atom stereocenters. The summed E-state index contributed by atoms with van der Waals surface area (Å²) in [6.45, 7) is 3.92. The van der Waals surface area contributed by atoms with Crippen molar-refractivity contribution in [2.24, 2.45) is 4.99 Å². The fourth-order valence-corrected chi connectivity index (χ4v) is 3.30. The molecule has 26 heavy (non-hydrogen) atoms. The van der Waals surface area contributed by atoms with Gasteiger partial charge < -0.3 is 10.4 Å². The summed E-state index contributed by atoms with van der Waals surface area (Å²) in [5.41, 5.74) is 2.65. The van der Waals surface area contributed by atoms with Gasteiger partial charge in [0, 0.05) is 11.6 Å². The quantitative estimate of drug-likeness (QED) is 0.486. The average molecular weight is 369 g/mol. The number of phenolic OH excluding ortho intramolecular Hbond substituents is 1. The van der Waals surface area contributed by atoms with E-state index in [4.69, 9.17) is 0 Å². The number of nitrogens with one attached hydrogen (secondary N) is 1. The maximum Gasteiger partial charge on any atom is 0.311 e. The van der Waals surface area contributed by atoms with E-state index in [0.29, 0.717) is 10.1 Å². The van der Waals surface area contributed by atoms with Crippen molar-refractivity contribution in [2.45, 2.75) is 13.8 Å². The highest BCUT2D eigenvalue weighted by Crippen LogP contribution is 2.34. The number of amidine groups is 1. The molecule has 132 valence electrons. The second-order valence-electron chi connectivity index (χ2n) is 5.74. The smallest absolute Gasteiger partial charge is 0.311 e. The number of para-hydroxylation sites is 1. The maximum atomic E-state index is 12.2. The predicted molar refractivity (Wildman–Crippen MR) is 101 cm³/mol. The summed E-state index contributed by atoms with van der Waals surface area (Å²) >= 11 is 1.11. The molecule has 1 saturated heterocycles. The van der Waals surface area contributed by atoms with Crippen LogP contribution in [0.25, 0.3) is 6.08 Å². The van der Waals surface area contributed by atoms with Crippen LogP contribution >= 0.6 is 11.8 Å². The first-order valence-electron chi connectivity index (χ1n) is 7.68. The molecule has 0 bridgehead atoms. The van der Waals surface area contributed by atoms with Gasteiger partial charge in [-0.15, -0.1) is 0 Å². The summed E-state index contributed by atoms with van der Waals surface area (Å²) in [6, 6.07) is 9.96. The molecule has 1 heterocycles. The number of carbonyl (C=O) groups is 1. The van der Waals surface area contributed by atoms with Crippen molar-refractivity contribution in [3.63, 3.8) is 0 Å². The topological polar surface area (TPSA) is 105 Å². The van der Waals surface area contributed by atoms with Crippen LogP contribution in [0.15, 0.2) is 46.3 Å². The monoisotopic (exact) mass is 369 g/mol. The van der Waals surface area contributed by atoms with Gasteiger partial charge >= 0.3 is 5.69 Å². The zero-order valence-corrected chi connectivity index (χ0v) is 14.8. The molecular weight excluding hydrogens is 354 g/mol. The Labute approximate surface area is 153 Å². The number of thioether (sulfide) groups is 1. The first-order chi connectivity index (χ1) is 12.3. The Morgan fingerprint density at radius 2 is 2.04 bits per heavy atom.